The van der Waals surface area contributed by atoms with Gasteiger partial charge in [0.25, 0.3) is 5.69 Å². The molecule has 9 heteroatoms. The van der Waals surface area contributed by atoms with Crippen molar-refractivity contribution in [1.82, 2.24) is 0 Å². The van der Waals surface area contributed by atoms with Gasteiger partial charge in [-0.1, -0.05) is 18.2 Å². The van der Waals surface area contributed by atoms with Crippen LogP contribution in [-0.4, -0.2) is 12.0 Å². The molecule has 0 aromatic heterocycles. The van der Waals surface area contributed by atoms with Crippen molar-refractivity contribution in [1.29, 1.82) is 0 Å². The standard InChI is InChI=1S/C12H9BF3N2O2S/c14-13(15,16)17(21-12-4-2-1-3-5-12)10-6-8-11(9-7-10)18(19)20/h1-9H/q-1. The number of rotatable bonds is 5. The van der Waals surface area contributed by atoms with Gasteiger partial charge in [-0.2, -0.15) is 0 Å². The molecule has 0 aliphatic heterocycles. The van der Waals surface area contributed by atoms with E-state index in [9.17, 15) is 23.1 Å². The summed E-state index contributed by atoms with van der Waals surface area (Å²) in [4.78, 5) is 10.3. The molecule has 0 amide bonds. The van der Waals surface area contributed by atoms with E-state index < -0.39 is 12.0 Å². The topological polar surface area (TPSA) is 46.4 Å². The van der Waals surface area contributed by atoms with E-state index in [2.05, 4.69) is 0 Å². The predicted molar refractivity (Wildman–Crippen MR) is 77.0 cm³/mol. The third kappa shape index (κ3) is 3.91. The number of hydrogen-bond acceptors (Lipinski definition) is 4. The van der Waals surface area contributed by atoms with Gasteiger partial charge in [0.2, 0.25) is 0 Å². The smallest absolute Gasteiger partial charge is 0.428 e. The molecular formula is C12H9BF3N2O2S-. The van der Waals surface area contributed by atoms with E-state index in [0.29, 0.717) is 16.8 Å². The fourth-order valence-electron chi connectivity index (χ4n) is 1.60. The Morgan fingerprint density at radius 2 is 1.57 bits per heavy atom. The maximum absolute atomic E-state index is 13.2. The lowest BCUT2D eigenvalue weighted by Crippen LogP contribution is -2.37. The van der Waals surface area contributed by atoms with Crippen molar-refractivity contribution in [3.8, 4) is 0 Å². The second-order valence-electron chi connectivity index (χ2n) is 4.04. The Labute approximate surface area is 122 Å². The molecule has 2 aromatic carbocycles. The van der Waals surface area contributed by atoms with Gasteiger partial charge in [0, 0.05) is 22.7 Å². The minimum absolute atomic E-state index is 0.151. The van der Waals surface area contributed by atoms with E-state index in [0.717, 1.165) is 24.3 Å². The van der Waals surface area contributed by atoms with Crippen molar-refractivity contribution >= 4 is 30.4 Å². The van der Waals surface area contributed by atoms with Crippen LogP contribution in [0.2, 0.25) is 0 Å². The molecule has 0 fully saturated rings. The minimum Gasteiger partial charge on any atom is -0.428 e. The molecule has 0 radical (unpaired) electrons. The molecule has 4 nitrogen and oxygen atoms in total. The monoisotopic (exact) mass is 313 g/mol. The molecule has 0 bridgehead atoms. The Hall–Kier alpha value is -2.16. The van der Waals surface area contributed by atoms with E-state index in [1.54, 1.807) is 30.3 Å². The van der Waals surface area contributed by atoms with Crippen LogP contribution in [0, 0.1) is 10.1 Å². The molecule has 0 atom stereocenters. The van der Waals surface area contributed by atoms with Gasteiger partial charge in [-0.05, 0) is 36.2 Å². The molecule has 2 aromatic rings. The van der Waals surface area contributed by atoms with Crippen molar-refractivity contribution in [2.75, 3.05) is 4.22 Å². The van der Waals surface area contributed by atoms with Crippen LogP contribution in [0.4, 0.5) is 24.3 Å². The molecular weight excluding hydrogens is 304 g/mol. The molecule has 0 saturated heterocycles. The number of benzene rings is 2. The van der Waals surface area contributed by atoms with E-state index in [4.69, 9.17) is 0 Å². The van der Waals surface area contributed by atoms with Crippen LogP contribution in [0.15, 0.2) is 59.5 Å². The summed E-state index contributed by atoms with van der Waals surface area (Å²) in [6, 6.07) is 12.4. The van der Waals surface area contributed by atoms with Gasteiger partial charge >= 0.3 is 7.11 Å². The van der Waals surface area contributed by atoms with Crippen molar-refractivity contribution in [2.45, 2.75) is 4.90 Å². The van der Waals surface area contributed by atoms with Gasteiger partial charge < -0.3 is 17.2 Å². The van der Waals surface area contributed by atoms with Crippen molar-refractivity contribution in [3.05, 3.63) is 64.7 Å². The quantitative estimate of drug-likeness (QED) is 0.354. The van der Waals surface area contributed by atoms with E-state index in [1.165, 1.54) is 0 Å². The third-order valence-corrected chi connectivity index (χ3v) is 3.66. The summed E-state index contributed by atoms with van der Waals surface area (Å²) < 4.78 is 39.8. The zero-order valence-corrected chi connectivity index (χ0v) is 11.3. The minimum atomic E-state index is -5.30. The molecule has 0 heterocycles. The van der Waals surface area contributed by atoms with Gasteiger partial charge in [-0.25, -0.2) is 0 Å². The highest BCUT2D eigenvalue weighted by molar-refractivity contribution is 8.02. The molecule has 0 spiro atoms. The zero-order valence-electron chi connectivity index (χ0n) is 10.5. The van der Waals surface area contributed by atoms with Crippen LogP contribution in [0.3, 0.4) is 0 Å². The number of nitro benzene ring substituents is 1. The third-order valence-electron chi connectivity index (χ3n) is 2.53. The highest BCUT2D eigenvalue weighted by Crippen LogP contribution is 2.36. The van der Waals surface area contributed by atoms with Gasteiger partial charge in [-0.15, -0.1) is 0 Å². The summed E-state index contributed by atoms with van der Waals surface area (Å²) in [7, 11) is -5.30. The van der Waals surface area contributed by atoms with Crippen LogP contribution >= 0.6 is 11.9 Å². The summed E-state index contributed by atoms with van der Waals surface area (Å²) in [6.45, 7) is 0. The molecule has 0 saturated carbocycles. The molecule has 21 heavy (non-hydrogen) atoms. The summed E-state index contributed by atoms with van der Waals surface area (Å²) in [5, 5.41) is 10.5. The second-order valence-corrected chi connectivity index (χ2v) is 5.09. The Morgan fingerprint density at radius 1 is 1.00 bits per heavy atom. The highest BCUT2D eigenvalue weighted by atomic mass is 32.2. The first-order chi connectivity index (χ1) is 9.88. The first-order valence-electron chi connectivity index (χ1n) is 5.84. The Kier molecular flexibility index (Phi) is 4.42. The Bertz CT molecular complexity index is 623. The largest absolute Gasteiger partial charge is 0.608 e. The number of nitrogens with zero attached hydrogens (tertiary/aromatic N) is 2. The van der Waals surface area contributed by atoms with Gasteiger partial charge in [0.05, 0.1) is 4.92 Å². The van der Waals surface area contributed by atoms with Gasteiger partial charge in [-0.3, -0.25) is 10.1 Å². The van der Waals surface area contributed by atoms with E-state index >= 15 is 0 Å². The molecule has 0 aliphatic carbocycles. The van der Waals surface area contributed by atoms with Crippen LogP contribution in [0.25, 0.3) is 0 Å². The first kappa shape index (κ1) is 15.2. The molecule has 0 N–H and O–H groups in total. The molecule has 0 unspecified atom stereocenters. The van der Waals surface area contributed by atoms with Crippen molar-refractivity contribution in [2.24, 2.45) is 0 Å². The van der Waals surface area contributed by atoms with Crippen LogP contribution in [-0.2, 0) is 0 Å². The fourth-order valence-corrected chi connectivity index (χ4v) is 2.45. The zero-order chi connectivity index (χ0) is 15.5. The summed E-state index contributed by atoms with van der Waals surface area (Å²) in [5.41, 5.74) is -0.403. The number of nitro groups is 1. The molecule has 110 valence electrons. The van der Waals surface area contributed by atoms with Crippen LogP contribution in [0.5, 0.6) is 0 Å². The van der Waals surface area contributed by atoms with Crippen LogP contribution in [0.1, 0.15) is 0 Å². The molecule has 2 rings (SSSR count). The van der Waals surface area contributed by atoms with Crippen LogP contribution < -0.4 is 4.22 Å². The maximum atomic E-state index is 13.2. The predicted octanol–water partition coefficient (Wildman–Crippen LogP) is 4.45. The Balaban J connectivity index is 2.30. The summed E-state index contributed by atoms with van der Waals surface area (Å²) in [6.07, 6.45) is 0. The van der Waals surface area contributed by atoms with E-state index in [1.807, 2.05) is 0 Å². The van der Waals surface area contributed by atoms with E-state index in [-0.39, 0.29) is 15.6 Å². The second kappa shape index (κ2) is 6.09. The summed E-state index contributed by atoms with van der Waals surface area (Å²) >= 11 is 0.529. The molecule has 0 aliphatic rings. The fraction of sp³-hybridized carbons (Fsp3) is 0. The highest BCUT2D eigenvalue weighted by Gasteiger charge is 2.34. The normalized spacial score (nSPS) is 11.2. The SMILES string of the molecule is O=[N+]([O-])c1ccc(N(Sc2ccccc2)[B-](F)(F)F)cc1. The lowest BCUT2D eigenvalue weighted by molar-refractivity contribution is -0.384. The lowest BCUT2D eigenvalue weighted by Gasteiger charge is -2.33. The number of non-ortho nitro benzene ring substituents is 1. The number of halogens is 3. The van der Waals surface area contributed by atoms with Crippen molar-refractivity contribution in [3.63, 3.8) is 0 Å². The Morgan fingerprint density at radius 3 is 2.05 bits per heavy atom. The number of hydrogen-bond donors (Lipinski definition) is 0. The average molecular weight is 313 g/mol. The summed E-state index contributed by atoms with van der Waals surface area (Å²) in [5.74, 6) is 0. The van der Waals surface area contributed by atoms with Crippen molar-refractivity contribution < 1.29 is 17.9 Å². The van der Waals surface area contributed by atoms with Gasteiger partial charge in [0.15, 0.2) is 0 Å². The maximum Gasteiger partial charge on any atom is 0.608 e. The first-order valence-corrected chi connectivity index (χ1v) is 6.62. The number of anilines is 1. The van der Waals surface area contributed by atoms with Gasteiger partial charge in [0.1, 0.15) is 0 Å². The average Bonchev–Trinajstić information content (AvgIpc) is 2.45. The lowest BCUT2D eigenvalue weighted by atomic mass is 10.1.